The number of rotatable bonds is 2. The van der Waals surface area contributed by atoms with Crippen LogP contribution in [0.4, 0.5) is 16.2 Å². The molecule has 0 spiro atoms. The van der Waals surface area contributed by atoms with Gasteiger partial charge in [0.25, 0.3) is 0 Å². The minimum Gasteiger partial charge on any atom is -0.399 e. The maximum absolute atomic E-state index is 11.8. The first-order valence-corrected chi connectivity index (χ1v) is 6.30. The number of nitrogens with two attached hydrogens (primary N) is 2. The lowest BCUT2D eigenvalue weighted by Crippen LogP contribution is -2.39. The quantitative estimate of drug-likeness (QED) is 0.568. The molecule has 0 aliphatic heterocycles. The van der Waals surface area contributed by atoms with Crippen LogP contribution in [0.2, 0.25) is 0 Å². The Kier molecular flexibility index (Phi) is 3.62. The molecule has 0 unspecified atom stereocenters. The molecule has 1 aliphatic carbocycles. The second-order valence-electron chi connectivity index (χ2n) is 4.85. The number of nitrogens with one attached hydrogen (secondary N) is 1. The van der Waals surface area contributed by atoms with Crippen molar-refractivity contribution in [2.24, 2.45) is 5.73 Å². The number of carbonyl (C=O) groups excluding carboxylic acids is 2. The summed E-state index contributed by atoms with van der Waals surface area (Å²) >= 11 is 0. The van der Waals surface area contributed by atoms with Crippen molar-refractivity contribution < 1.29 is 9.59 Å². The van der Waals surface area contributed by atoms with Gasteiger partial charge in [0.05, 0.1) is 17.1 Å². The lowest BCUT2D eigenvalue weighted by Gasteiger charge is -2.26. The van der Waals surface area contributed by atoms with Gasteiger partial charge in [0, 0.05) is 11.8 Å². The Hall–Kier alpha value is -2.89. The molecule has 1 aromatic carbocycles. The molecule has 21 heavy (non-hydrogen) atoms. The molecule has 1 aliphatic rings. The van der Waals surface area contributed by atoms with Crippen molar-refractivity contribution in [1.29, 1.82) is 5.41 Å². The second kappa shape index (κ2) is 5.24. The first-order chi connectivity index (χ1) is 9.81. The summed E-state index contributed by atoms with van der Waals surface area (Å²) in [4.78, 5) is 24.5. The molecule has 0 heterocycles. The van der Waals surface area contributed by atoms with E-state index in [2.05, 4.69) is 0 Å². The second-order valence-corrected chi connectivity index (χ2v) is 4.85. The number of allylic oxidation sites excluding steroid dienone is 3. The summed E-state index contributed by atoms with van der Waals surface area (Å²) in [7, 11) is 0. The van der Waals surface area contributed by atoms with Gasteiger partial charge in [0.2, 0.25) is 0 Å². The van der Waals surface area contributed by atoms with Crippen molar-refractivity contribution in [2.75, 3.05) is 10.6 Å². The van der Waals surface area contributed by atoms with Crippen molar-refractivity contribution >= 4 is 28.9 Å². The number of benzene rings is 1. The van der Waals surface area contributed by atoms with E-state index in [0.717, 1.165) is 16.0 Å². The van der Waals surface area contributed by atoms with Gasteiger partial charge in [-0.25, -0.2) is 4.79 Å². The van der Waals surface area contributed by atoms with Crippen molar-refractivity contribution in [3.05, 3.63) is 47.2 Å². The number of urea groups is 1. The molecule has 0 saturated carbocycles. The van der Waals surface area contributed by atoms with Gasteiger partial charge in [-0.2, -0.15) is 0 Å². The van der Waals surface area contributed by atoms with Gasteiger partial charge in [0.15, 0.2) is 5.78 Å². The van der Waals surface area contributed by atoms with Crippen LogP contribution in [0.3, 0.4) is 0 Å². The molecule has 0 aromatic heterocycles. The first kappa shape index (κ1) is 14.5. The van der Waals surface area contributed by atoms with Crippen LogP contribution in [0.5, 0.6) is 0 Å². The highest BCUT2D eigenvalue weighted by molar-refractivity contribution is 6.23. The molecular formula is C15H16N4O2. The molecule has 0 saturated heterocycles. The summed E-state index contributed by atoms with van der Waals surface area (Å²) in [6.45, 7) is 3.59. The van der Waals surface area contributed by atoms with Crippen molar-refractivity contribution in [1.82, 2.24) is 0 Å². The third-order valence-corrected chi connectivity index (χ3v) is 3.26. The highest BCUT2D eigenvalue weighted by Gasteiger charge is 2.24. The highest BCUT2D eigenvalue weighted by Crippen LogP contribution is 2.29. The number of amides is 2. The minimum absolute atomic E-state index is 0.0438. The van der Waals surface area contributed by atoms with E-state index in [1.165, 1.54) is 18.2 Å². The average Bonchev–Trinajstić information content (AvgIpc) is 2.39. The molecule has 6 heteroatoms. The summed E-state index contributed by atoms with van der Waals surface area (Å²) in [5.74, 6) is -0.294. The number of nitrogens with zero attached hydrogens (tertiary/aromatic N) is 1. The predicted octanol–water partition coefficient (Wildman–Crippen LogP) is 1.81. The fourth-order valence-electron chi connectivity index (χ4n) is 2.13. The Bertz CT molecular complexity index is 717. The van der Waals surface area contributed by atoms with E-state index in [0.29, 0.717) is 11.4 Å². The molecule has 0 radical (unpaired) electrons. The number of nitrogen functional groups attached to an aromatic ring is 1. The van der Waals surface area contributed by atoms with Gasteiger partial charge in [-0.15, -0.1) is 0 Å². The van der Waals surface area contributed by atoms with Gasteiger partial charge in [0.1, 0.15) is 0 Å². The monoisotopic (exact) mass is 284 g/mol. The van der Waals surface area contributed by atoms with Crippen LogP contribution in [0.25, 0.3) is 0 Å². The highest BCUT2D eigenvalue weighted by atomic mass is 16.2. The lowest BCUT2D eigenvalue weighted by atomic mass is 10.0. The number of aryl methyl sites for hydroxylation is 2. The Morgan fingerprint density at radius 1 is 1.19 bits per heavy atom. The molecule has 108 valence electrons. The number of carbonyl (C=O) groups is 2. The standard InChI is InChI=1S/C15H16N4O2/c1-8-6-13(9(2)5-12(8)17)19(15(18)21)14-7-10(20)3-4-11(14)16/h3-7,16H,17H2,1-2H3,(H2,18,21). The van der Waals surface area contributed by atoms with Crippen molar-refractivity contribution in [2.45, 2.75) is 13.8 Å². The zero-order valence-electron chi connectivity index (χ0n) is 11.8. The molecule has 1 aromatic rings. The Morgan fingerprint density at radius 2 is 1.86 bits per heavy atom. The van der Waals surface area contributed by atoms with Crippen LogP contribution < -0.4 is 16.4 Å². The molecule has 0 fully saturated rings. The molecule has 5 N–H and O–H groups in total. The number of hydrogen-bond acceptors (Lipinski definition) is 4. The van der Waals surface area contributed by atoms with E-state index in [1.54, 1.807) is 19.1 Å². The molecule has 0 atom stereocenters. The van der Waals surface area contributed by atoms with Gasteiger partial charge in [-0.05, 0) is 49.3 Å². The number of ketones is 1. The average molecular weight is 284 g/mol. The Labute approximate surface area is 122 Å². The zero-order chi connectivity index (χ0) is 15.7. The maximum atomic E-state index is 11.8. The molecular weight excluding hydrogens is 268 g/mol. The normalized spacial score (nSPS) is 14.1. The maximum Gasteiger partial charge on any atom is 0.323 e. The lowest BCUT2D eigenvalue weighted by molar-refractivity contribution is -0.110. The predicted molar refractivity (Wildman–Crippen MR) is 82.3 cm³/mol. The number of anilines is 2. The van der Waals surface area contributed by atoms with Crippen LogP contribution >= 0.6 is 0 Å². The van der Waals surface area contributed by atoms with Crippen LogP contribution in [-0.2, 0) is 4.79 Å². The van der Waals surface area contributed by atoms with Crippen LogP contribution in [-0.4, -0.2) is 17.5 Å². The Balaban J connectivity index is 2.61. The van der Waals surface area contributed by atoms with E-state index in [1.807, 2.05) is 6.92 Å². The summed E-state index contributed by atoms with van der Waals surface area (Å²) in [5, 5.41) is 7.89. The van der Waals surface area contributed by atoms with Crippen LogP contribution in [0, 0.1) is 19.3 Å². The van der Waals surface area contributed by atoms with E-state index < -0.39 is 6.03 Å². The van der Waals surface area contributed by atoms with E-state index in [9.17, 15) is 9.59 Å². The fraction of sp³-hybridized carbons (Fsp3) is 0.133. The summed E-state index contributed by atoms with van der Waals surface area (Å²) in [5.41, 5.74) is 14.1. The molecule has 0 bridgehead atoms. The van der Waals surface area contributed by atoms with E-state index in [-0.39, 0.29) is 17.2 Å². The van der Waals surface area contributed by atoms with Gasteiger partial charge < -0.3 is 11.5 Å². The molecule has 6 nitrogen and oxygen atoms in total. The topological polar surface area (TPSA) is 113 Å². The Morgan fingerprint density at radius 3 is 2.48 bits per heavy atom. The minimum atomic E-state index is -0.763. The van der Waals surface area contributed by atoms with Crippen molar-refractivity contribution in [3.8, 4) is 0 Å². The molecule has 2 rings (SSSR count). The third kappa shape index (κ3) is 2.69. The number of primary amides is 1. The van der Waals surface area contributed by atoms with E-state index in [4.69, 9.17) is 16.9 Å². The molecule has 2 amide bonds. The van der Waals surface area contributed by atoms with Gasteiger partial charge in [-0.3, -0.25) is 15.1 Å². The summed E-state index contributed by atoms with van der Waals surface area (Å²) in [6, 6.07) is 2.68. The van der Waals surface area contributed by atoms with Gasteiger partial charge in [-0.1, -0.05) is 0 Å². The van der Waals surface area contributed by atoms with Gasteiger partial charge >= 0.3 is 6.03 Å². The first-order valence-electron chi connectivity index (χ1n) is 6.30. The van der Waals surface area contributed by atoms with Crippen LogP contribution in [0.15, 0.2) is 36.1 Å². The summed E-state index contributed by atoms with van der Waals surface area (Å²) < 4.78 is 0. The van der Waals surface area contributed by atoms with E-state index >= 15 is 0 Å². The number of hydrogen-bond donors (Lipinski definition) is 3. The smallest absolute Gasteiger partial charge is 0.323 e. The fourth-order valence-corrected chi connectivity index (χ4v) is 2.13. The van der Waals surface area contributed by atoms with Crippen molar-refractivity contribution in [3.63, 3.8) is 0 Å². The summed E-state index contributed by atoms with van der Waals surface area (Å²) in [6.07, 6.45) is 3.83. The SMILES string of the molecule is Cc1cc(N(C(N)=O)C2=CC(=O)C=CC2=N)c(C)cc1N. The third-order valence-electron chi connectivity index (χ3n) is 3.26. The zero-order valence-corrected chi connectivity index (χ0v) is 11.8. The van der Waals surface area contributed by atoms with Crippen LogP contribution in [0.1, 0.15) is 11.1 Å². The largest absolute Gasteiger partial charge is 0.399 e.